The van der Waals surface area contributed by atoms with Crippen LogP contribution in [-0.4, -0.2) is 36.3 Å². The van der Waals surface area contributed by atoms with Crippen LogP contribution >= 0.6 is 11.8 Å². The summed E-state index contributed by atoms with van der Waals surface area (Å²) in [5.74, 6) is 2.31. The van der Waals surface area contributed by atoms with E-state index in [0.717, 1.165) is 12.2 Å². The van der Waals surface area contributed by atoms with Gasteiger partial charge in [-0.25, -0.2) is 0 Å². The first-order valence-corrected chi connectivity index (χ1v) is 5.68. The van der Waals surface area contributed by atoms with Gasteiger partial charge >= 0.3 is 5.97 Å². The molecule has 0 amide bonds. The molecule has 1 aliphatic rings. The van der Waals surface area contributed by atoms with Crippen molar-refractivity contribution in [3.63, 3.8) is 0 Å². The highest BCUT2D eigenvalue weighted by atomic mass is 32.2. The molecular formula is C9H16O3S. The van der Waals surface area contributed by atoms with E-state index in [0.29, 0.717) is 12.5 Å². The zero-order chi connectivity index (χ0) is 9.68. The number of rotatable bonds is 5. The summed E-state index contributed by atoms with van der Waals surface area (Å²) in [6, 6.07) is 0. The molecule has 1 N–H and O–H groups in total. The topological polar surface area (TPSA) is 46.5 Å². The Bertz CT molecular complexity index is 166. The molecule has 13 heavy (non-hydrogen) atoms. The molecule has 1 saturated heterocycles. The van der Waals surface area contributed by atoms with Crippen LogP contribution in [0, 0.1) is 11.8 Å². The highest BCUT2D eigenvalue weighted by molar-refractivity contribution is 7.99. The van der Waals surface area contributed by atoms with Crippen LogP contribution in [0.25, 0.3) is 0 Å². The first-order valence-electron chi connectivity index (χ1n) is 4.52. The van der Waals surface area contributed by atoms with Gasteiger partial charge in [0.1, 0.15) is 0 Å². The van der Waals surface area contributed by atoms with E-state index in [1.54, 1.807) is 7.11 Å². The van der Waals surface area contributed by atoms with E-state index < -0.39 is 5.97 Å². The molecule has 0 spiro atoms. The molecule has 1 heterocycles. The third-order valence-electron chi connectivity index (χ3n) is 2.45. The largest absolute Gasteiger partial charge is 0.481 e. The smallest absolute Gasteiger partial charge is 0.303 e. The molecular weight excluding hydrogens is 188 g/mol. The van der Waals surface area contributed by atoms with Crippen molar-refractivity contribution in [3.05, 3.63) is 0 Å². The van der Waals surface area contributed by atoms with E-state index in [1.807, 2.05) is 11.8 Å². The molecule has 0 radical (unpaired) electrons. The number of aliphatic carboxylic acids is 1. The van der Waals surface area contributed by atoms with Gasteiger partial charge in [0.15, 0.2) is 0 Å². The van der Waals surface area contributed by atoms with E-state index in [1.165, 1.54) is 5.75 Å². The van der Waals surface area contributed by atoms with Crippen LogP contribution in [0.4, 0.5) is 0 Å². The van der Waals surface area contributed by atoms with E-state index in [4.69, 9.17) is 9.84 Å². The van der Waals surface area contributed by atoms with Crippen molar-refractivity contribution >= 4 is 17.7 Å². The molecule has 0 aliphatic carbocycles. The monoisotopic (exact) mass is 204 g/mol. The van der Waals surface area contributed by atoms with E-state index >= 15 is 0 Å². The molecule has 3 nitrogen and oxygen atoms in total. The van der Waals surface area contributed by atoms with Gasteiger partial charge in [0.05, 0.1) is 6.42 Å². The Morgan fingerprint density at radius 2 is 2.54 bits per heavy atom. The lowest BCUT2D eigenvalue weighted by atomic mass is 9.90. The van der Waals surface area contributed by atoms with Gasteiger partial charge in [-0.05, 0) is 29.8 Å². The molecule has 1 aliphatic heterocycles. The number of carbonyl (C=O) groups is 1. The maximum absolute atomic E-state index is 10.6. The van der Waals surface area contributed by atoms with E-state index in [2.05, 4.69) is 0 Å². The molecule has 76 valence electrons. The summed E-state index contributed by atoms with van der Waals surface area (Å²) in [5.41, 5.74) is 0. The fourth-order valence-corrected chi connectivity index (χ4v) is 3.10. The van der Waals surface area contributed by atoms with Crippen molar-refractivity contribution in [3.8, 4) is 0 Å². The first-order chi connectivity index (χ1) is 6.24. The fraction of sp³-hybridized carbons (Fsp3) is 0.889. The molecule has 0 aromatic carbocycles. The lowest BCUT2D eigenvalue weighted by molar-refractivity contribution is -0.139. The number of hydrogen-bond acceptors (Lipinski definition) is 3. The predicted octanol–water partition coefficient (Wildman–Crippen LogP) is 1.48. The van der Waals surface area contributed by atoms with Crippen LogP contribution in [0.3, 0.4) is 0 Å². The molecule has 2 unspecified atom stereocenters. The predicted molar refractivity (Wildman–Crippen MR) is 53.1 cm³/mol. The average Bonchev–Trinajstić information content (AvgIpc) is 2.54. The number of carboxylic acid groups (broad SMARTS) is 1. The van der Waals surface area contributed by atoms with Crippen LogP contribution in [0.15, 0.2) is 0 Å². The van der Waals surface area contributed by atoms with Crippen molar-refractivity contribution in [2.75, 3.05) is 25.2 Å². The normalized spacial score (nSPS) is 24.5. The Labute approximate surface area is 82.8 Å². The summed E-state index contributed by atoms with van der Waals surface area (Å²) >= 11 is 1.91. The van der Waals surface area contributed by atoms with Crippen LogP contribution < -0.4 is 0 Å². The standard InChI is InChI=1S/C9H16O3S/c1-12-5-8(4-9(10)11)7-2-3-13-6-7/h7-8H,2-6H2,1H3,(H,10,11). The minimum Gasteiger partial charge on any atom is -0.481 e. The molecule has 0 saturated carbocycles. The van der Waals surface area contributed by atoms with Gasteiger partial charge in [0.2, 0.25) is 0 Å². The second-order valence-corrected chi connectivity index (χ2v) is 4.59. The third kappa shape index (κ3) is 3.56. The highest BCUT2D eigenvalue weighted by Crippen LogP contribution is 2.31. The summed E-state index contributed by atoms with van der Waals surface area (Å²) in [5, 5.41) is 8.71. The summed E-state index contributed by atoms with van der Waals surface area (Å²) < 4.78 is 5.04. The molecule has 0 aromatic rings. The zero-order valence-corrected chi connectivity index (χ0v) is 8.68. The minimum atomic E-state index is -0.709. The fourth-order valence-electron chi connectivity index (χ4n) is 1.72. The maximum Gasteiger partial charge on any atom is 0.303 e. The van der Waals surface area contributed by atoms with Gasteiger partial charge in [0, 0.05) is 13.7 Å². The van der Waals surface area contributed by atoms with Crippen molar-refractivity contribution in [2.45, 2.75) is 12.8 Å². The van der Waals surface area contributed by atoms with E-state index in [-0.39, 0.29) is 12.3 Å². The Morgan fingerprint density at radius 1 is 1.77 bits per heavy atom. The Balaban J connectivity index is 2.39. The molecule has 2 atom stereocenters. The first kappa shape index (κ1) is 10.9. The summed E-state index contributed by atoms with van der Waals surface area (Å²) in [7, 11) is 1.64. The molecule has 1 fully saturated rings. The number of methoxy groups -OCH3 is 1. The second-order valence-electron chi connectivity index (χ2n) is 3.44. The van der Waals surface area contributed by atoms with Crippen LogP contribution in [0.2, 0.25) is 0 Å². The zero-order valence-electron chi connectivity index (χ0n) is 7.86. The third-order valence-corrected chi connectivity index (χ3v) is 3.64. The van der Waals surface area contributed by atoms with Crippen molar-refractivity contribution in [1.29, 1.82) is 0 Å². The SMILES string of the molecule is COCC(CC(=O)O)C1CCSC1. The second kappa shape index (κ2) is 5.50. The summed E-state index contributed by atoms with van der Waals surface area (Å²) in [6.45, 7) is 0.581. The average molecular weight is 204 g/mol. The molecule has 0 aromatic heterocycles. The van der Waals surface area contributed by atoms with Gasteiger partial charge < -0.3 is 9.84 Å². The van der Waals surface area contributed by atoms with Crippen molar-refractivity contribution in [2.24, 2.45) is 11.8 Å². The van der Waals surface area contributed by atoms with Crippen LogP contribution in [0.1, 0.15) is 12.8 Å². The van der Waals surface area contributed by atoms with E-state index in [9.17, 15) is 4.79 Å². The molecule has 0 bridgehead atoms. The number of hydrogen-bond donors (Lipinski definition) is 1. The van der Waals surface area contributed by atoms with Crippen LogP contribution in [-0.2, 0) is 9.53 Å². The van der Waals surface area contributed by atoms with Gasteiger partial charge in [-0.3, -0.25) is 4.79 Å². The van der Waals surface area contributed by atoms with Gasteiger partial charge in [0.25, 0.3) is 0 Å². The van der Waals surface area contributed by atoms with Crippen molar-refractivity contribution in [1.82, 2.24) is 0 Å². The Hall–Kier alpha value is -0.220. The lowest BCUT2D eigenvalue weighted by Crippen LogP contribution is -2.22. The number of carboxylic acids is 1. The maximum atomic E-state index is 10.6. The Morgan fingerprint density at radius 3 is 3.00 bits per heavy atom. The highest BCUT2D eigenvalue weighted by Gasteiger charge is 2.27. The Kier molecular flexibility index (Phi) is 4.59. The molecule has 1 rings (SSSR count). The van der Waals surface area contributed by atoms with Crippen LogP contribution in [0.5, 0.6) is 0 Å². The molecule has 4 heteroatoms. The summed E-state index contributed by atoms with van der Waals surface area (Å²) in [4.78, 5) is 10.6. The summed E-state index contributed by atoms with van der Waals surface area (Å²) in [6.07, 6.45) is 1.39. The van der Waals surface area contributed by atoms with Crippen molar-refractivity contribution < 1.29 is 14.6 Å². The minimum absolute atomic E-state index is 0.206. The lowest BCUT2D eigenvalue weighted by Gasteiger charge is -2.19. The van der Waals surface area contributed by atoms with Gasteiger partial charge in [-0.1, -0.05) is 0 Å². The number of thioether (sulfide) groups is 1. The number of ether oxygens (including phenoxy) is 1. The van der Waals surface area contributed by atoms with Gasteiger partial charge in [-0.2, -0.15) is 11.8 Å². The van der Waals surface area contributed by atoms with Gasteiger partial charge in [-0.15, -0.1) is 0 Å². The quantitative estimate of drug-likeness (QED) is 0.736.